The summed E-state index contributed by atoms with van der Waals surface area (Å²) in [5.41, 5.74) is 4.32. The fraction of sp³-hybridized carbons (Fsp3) is 0.294. The Morgan fingerprint density at radius 1 is 0.947 bits per heavy atom. The number of rotatable bonds is 4. The molecule has 0 spiro atoms. The maximum atomic E-state index is 3.43. The number of hydrogen-bond donors (Lipinski definition) is 1. The maximum Gasteiger partial charge on any atom is 0.0447 e. The first-order chi connectivity index (χ1) is 9.36. The fourth-order valence-corrected chi connectivity index (χ4v) is 2.84. The quantitative estimate of drug-likeness (QED) is 0.900. The molecule has 0 aromatic heterocycles. The second kappa shape index (κ2) is 5.55. The average Bonchev–Trinajstić information content (AvgIpc) is 2.88. The van der Waals surface area contributed by atoms with Crippen LogP contribution < -0.4 is 5.32 Å². The lowest BCUT2D eigenvalue weighted by Crippen LogP contribution is -2.30. The normalized spacial score (nSPS) is 16.3. The lowest BCUT2D eigenvalue weighted by atomic mass is 10.1. The van der Waals surface area contributed by atoms with Gasteiger partial charge in [0, 0.05) is 25.7 Å². The predicted molar refractivity (Wildman–Crippen MR) is 78.8 cm³/mol. The van der Waals surface area contributed by atoms with E-state index in [1.54, 1.807) is 0 Å². The summed E-state index contributed by atoms with van der Waals surface area (Å²) in [6, 6.07) is 19.8. The first kappa shape index (κ1) is 12.4. The van der Waals surface area contributed by atoms with Crippen LogP contribution in [0.3, 0.4) is 0 Å². The van der Waals surface area contributed by atoms with Crippen molar-refractivity contribution in [3.05, 3.63) is 71.3 Å². The summed E-state index contributed by atoms with van der Waals surface area (Å²) < 4.78 is 0. The van der Waals surface area contributed by atoms with Crippen LogP contribution in [0.5, 0.6) is 0 Å². The lowest BCUT2D eigenvalue weighted by Gasteiger charge is -2.23. The van der Waals surface area contributed by atoms with Gasteiger partial charge in [0.15, 0.2) is 0 Å². The first-order valence-electron chi connectivity index (χ1n) is 6.88. The lowest BCUT2D eigenvalue weighted by molar-refractivity contribution is 0.253. The minimum absolute atomic E-state index is 0.399. The molecule has 0 radical (unpaired) electrons. The molecule has 2 heteroatoms. The van der Waals surface area contributed by atoms with Gasteiger partial charge in [-0.3, -0.25) is 4.90 Å². The van der Waals surface area contributed by atoms with E-state index < -0.39 is 0 Å². The zero-order valence-corrected chi connectivity index (χ0v) is 11.3. The molecular formula is C17H20N2. The van der Waals surface area contributed by atoms with Crippen molar-refractivity contribution in [2.24, 2.45) is 0 Å². The minimum Gasteiger partial charge on any atom is -0.312 e. The monoisotopic (exact) mass is 252 g/mol. The summed E-state index contributed by atoms with van der Waals surface area (Å²) >= 11 is 0. The summed E-state index contributed by atoms with van der Waals surface area (Å²) in [6.45, 7) is 3.19. The molecule has 2 aromatic carbocycles. The highest BCUT2D eigenvalue weighted by molar-refractivity contribution is 5.30. The van der Waals surface area contributed by atoms with E-state index >= 15 is 0 Å². The Morgan fingerprint density at radius 3 is 2.11 bits per heavy atom. The van der Waals surface area contributed by atoms with E-state index in [0.29, 0.717) is 6.04 Å². The molecule has 1 N–H and O–H groups in total. The smallest absolute Gasteiger partial charge is 0.0447 e. The molecule has 1 atom stereocenters. The standard InChI is InChI=1S/C17H20N2/c1-18-17(14-7-3-2-4-8-14)13-19-11-15-9-5-6-10-16(15)12-19/h2-10,17-18H,11-13H2,1H3/t17-/m0/s1. The Labute approximate surface area is 115 Å². The highest BCUT2D eigenvalue weighted by atomic mass is 15.2. The van der Waals surface area contributed by atoms with E-state index in [2.05, 4.69) is 64.8 Å². The summed E-state index contributed by atoms with van der Waals surface area (Å²) in [5, 5.41) is 3.43. The molecule has 1 heterocycles. The molecule has 19 heavy (non-hydrogen) atoms. The van der Waals surface area contributed by atoms with E-state index in [9.17, 15) is 0 Å². The molecule has 1 aliphatic rings. The third kappa shape index (κ3) is 2.70. The Morgan fingerprint density at radius 2 is 1.53 bits per heavy atom. The van der Waals surface area contributed by atoms with Gasteiger partial charge in [-0.2, -0.15) is 0 Å². The molecule has 0 amide bonds. The molecule has 0 aliphatic carbocycles. The molecule has 2 aromatic rings. The topological polar surface area (TPSA) is 15.3 Å². The van der Waals surface area contributed by atoms with Crippen LogP contribution in [0.1, 0.15) is 22.7 Å². The van der Waals surface area contributed by atoms with Gasteiger partial charge in [0.25, 0.3) is 0 Å². The molecule has 0 saturated carbocycles. The Balaban J connectivity index is 1.69. The molecule has 3 rings (SSSR count). The van der Waals surface area contributed by atoms with Gasteiger partial charge >= 0.3 is 0 Å². The molecule has 0 saturated heterocycles. The third-order valence-electron chi connectivity index (χ3n) is 3.90. The van der Waals surface area contributed by atoms with Crippen LogP contribution in [-0.2, 0) is 13.1 Å². The van der Waals surface area contributed by atoms with Crippen LogP contribution in [0.25, 0.3) is 0 Å². The first-order valence-corrected chi connectivity index (χ1v) is 6.88. The van der Waals surface area contributed by atoms with Crippen LogP contribution in [0.15, 0.2) is 54.6 Å². The van der Waals surface area contributed by atoms with Gasteiger partial charge in [-0.1, -0.05) is 54.6 Å². The highest BCUT2D eigenvalue weighted by Crippen LogP contribution is 2.24. The Hall–Kier alpha value is -1.64. The van der Waals surface area contributed by atoms with E-state index in [-0.39, 0.29) is 0 Å². The molecular weight excluding hydrogens is 232 g/mol. The van der Waals surface area contributed by atoms with Gasteiger partial charge in [0.05, 0.1) is 0 Å². The summed E-state index contributed by atoms with van der Waals surface area (Å²) in [6.07, 6.45) is 0. The second-order valence-electron chi connectivity index (χ2n) is 5.19. The minimum atomic E-state index is 0.399. The largest absolute Gasteiger partial charge is 0.312 e. The van der Waals surface area contributed by atoms with E-state index in [1.165, 1.54) is 16.7 Å². The van der Waals surface area contributed by atoms with E-state index in [4.69, 9.17) is 0 Å². The molecule has 2 nitrogen and oxygen atoms in total. The van der Waals surface area contributed by atoms with Crippen molar-refractivity contribution in [3.8, 4) is 0 Å². The van der Waals surface area contributed by atoms with Crippen molar-refractivity contribution in [2.45, 2.75) is 19.1 Å². The van der Waals surface area contributed by atoms with Gasteiger partial charge < -0.3 is 5.32 Å². The van der Waals surface area contributed by atoms with Crippen molar-refractivity contribution in [1.29, 1.82) is 0 Å². The van der Waals surface area contributed by atoms with E-state index in [0.717, 1.165) is 19.6 Å². The van der Waals surface area contributed by atoms with Gasteiger partial charge in [-0.05, 0) is 23.7 Å². The summed E-state index contributed by atoms with van der Waals surface area (Å²) in [7, 11) is 2.04. The average molecular weight is 252 g/mol. The maximum absolute atomic E-state index is 3.43. The summed E-state index contributed by atoms with van der Waals surface area (Å²) in [5.74, 6) is 0. The van der Waals surface area contributed by atoms with Crippen molar-refractivity contribution >= 4 is 0 Å². The van der Waals surface area contributed by atoms with Crippen molar-refractivity contribution in [3.63, 3.8) is 0 Å². The van der Waals surface area contributed by atoms with Gasteiger partial charge in [-0.25, -0.2) is 0 Å². The van der Waals surface area contributed by atoms with Crippen LogP contribution >= 0.6 is 0 Å². The van der Waals surface area contributed by atoms with Crippen LogP contribution in [0.2, 0.25) is 0 Å². The number of nitrogens with zero attached hydrogens (tertiary/aromatic N) is 1. The fourth-order valence-electron chi connectivity index (χ4n) is 2.84. The molecule has 0 fully saturated rings. The summed E-state index contributed by atoms with van der Waals surface area (Å²) in [4.78, 5) is 2.51. The molecule has 1 aliphatic heterocycles. The van der Waals surface area contributed by atoms with Gasteiger partial charge in [0.1, 0.15) is 0 Å². The number of nitrogens with one attached hydrogen (secondary N) is 1. The highest BCUT2D eigenvalue weighted by Gasteiger charge is 2.21. The Kier molecular flexibility index (Phi) is 3.62. The second-order valence-corrected chi connectivity index (χ2v) is 5.19. The van der Waals surface area contributed by atoms with Crippen LogP contribution in [0, 0.1) is 0 Å². The van der Waals surface area contributed by atoms with Crippen LogP contribution in [-0.4, -0.2) is 18.5 Å². The van der Waals surface area contributed by atoms with Crippen molar-refractivity contribution in [1.82, 2.24) is 10.2 Å². The number of fused-ring (bicyclic) bond motifs is 1. The number of likely N-dealkylation sites (N-methyl/N-ethyl adjacent to an activating group) is 1. The van der Waals surface area contributed by atoms with Crippen molar-refractivity contribution in [2.75, 3.05) is 13.6 Å². The molecule has 98 valence electrons. The third-order valence-corrected chi connectivity index (χ3v) is 3.90. The van der Waals surface area contributed by atoms with E-state index in [1.807, 2.05) is 7.05 Å². The molecule has 0 unspecified atom stereocenters. The zero-order valence-electron chi connectivity index (χ0n) is 11.3. The predicted octanol–water partition coefficient (Wildman–Crippen LogP) is 2.96. The Bertz CT molecular complexity index is 511. The zero-order chi connectivity index (χ0) is 13.1. The number of hydrogen-bond acceptors (Lipinski definition) is 2. The SMILES string of the molecule is CN[C@@H](CN1Cc2ccccc2C1)c1ccccc1. The van der Waals surface area contributed by atoms with Crippen molar-refractivity contribution < 1.29 is 0 Å². The van der Waals surface area contributed by atoms with Gasteiger partial charge in [0.2, 0.25) is 0 Å². The van der Waals surface area contributed by atoms with Crippen LogP contribution in [0.4, 0.5) is 0 Å². The van der Waals surface area contributed by atoms with Gasteiger partial charge in [-0.15, -0.1) is 0 Å². The number of benzene rings is 2. The molecule has 0 bridgehead atoms.